The monoisotopic (exact) mass is 184 g/mol. The molecule has 0 aromatic carbocycles. The average molecular weight is 184 g/mol. The van der Waals surface area contributed by atoms with Crippen LogP contribution in [-0.2, 0) is 0 Å². The van der Waals surface area contributed by atoms with Crippen molar-refractivity contribution in [2.75, 3.05) is 14.1 Å². The molecule has 1 fully saturated rings. The van der Waals surface area contributed by atoms with Crippen molar-refractivity contribution in [2.45, 2.75) is 38.3 Å². The van der Waals surface area contributed by atoms with Gasteiger partial charge in [0.15, 0.2) is 0 Å². The van der Waals surface area contributed by atoms with Crippen LogP contribution in [0.4, 0.5) is 0 Å². The zero-order valence-electron chi connectivity index (χ0n) is 8.61. The zero-order chi connectivity index (χ0) is 9.68. The molecule has 0 amide bonds. The zero-order valence-corrected chi connectivity index (χ0v) is 8.61. The summed E-state index contributed by atoms with van der Waals surface area (Å²) in [6, 6.07) is 0. The van der Waals surface area contributed by atoms with E-state index in [0.29, 0.717) is 5.92 Å². The minimum Gasteiger partial charge on any atom is -0.371 e. The van der Waals surface area contributed by atoms with Gasteiger partial charge >= 0.3 is 0 Å². The number of aliphatic imine (C=N–C) groups is 1. The summed E-state index contributed by atoms with van der Waals surface area (Å²) in [7, 11) is 3.83. The van der Waals surface area contributed by atoms with Crippen LogP contribution in [0.15, 0.2) is 4.99 Å². The van der Waals surface area contributed by atoms with Gasteiger partial charge in [-0.05, 0) is 12.8 Å². The van der Waals surface area contributed by atoms with Gasteiger partial charge in [0.1, 0.15) is 6.23 Å². The second-order valence-corrected chi connectivity index (χ2v) is 4.04. The van der Waals surface area contributed by atoms with Crippen molar-refractivity contribution in [2.24, 2.45) is 10.9 Å². The Morgan fingerprint density at radius 2 is 1.92 bits per heavy atom. The first-order chi connectivity index (χ1) is 6.20. The Bertz CT molecular complexity index is 162. The van der Waals surface area contributed by atoms with E-state index in [0.717, 1.165) is 12.8 Å². The summed E-state index contributed by atoms with van der Waals surface area (Å²) in [6.45, 7) is 0. The fourth-order valence-electron chi connectivity index (χ4n) is 1.76. The largest absolute Gasteiger partial charge is 0.371 e. The fourth-order valence-corrected chi connectivity index (χ4v) is 1.76. The Morgan fingerprint density at radius 1 is 1.31 bits per heavy atom. The van der Waals surface area contributed by atoms with E-state index in [9.17, 15) is 5.11 Å². The van der Waals surface area contributed by atoms with Crippen LogP contribution < -0.4 is 0 Å². The van der Waals surface area contributed by atoms with Crippen LogP contribution in [0.1, 0.15) is 32.1 Å². The molecule has 1 aliphatic carbocycles. The molecule has 0 saturated heterocycles. The van der Waals surface area contributed by atoms with Crippen molar-refractivity contribution in [1.82, 2.24) is 4.90 Å². The molecule has 3 heteroatoms. The molecule has 0 aliphatic heterocycles. The standard InChI is InChI=1S/C10H20N2O/c1-12(2)8-11-10(13)9-6-4-3-5-7-9/h8-10,13H,3-7H2,1-2H3. The highest BCUT2D eigenvalue weighted by atomic mass is 16.3. The maximum atomic E-state index is 9.70. The lowest BCUT2D eigenvalue weighted by Gasteiger charge is -2.24. The van der Waals surface area contributed by atoms with Crippen molar-refractivity contribution in [1.29, 1.82) is 0 Å². The predicted octanol–water partition coefficient (Wildman–Crippen LogP) is 1.47. The topological polar surface area (TPSA) is 35.8 Å². The maximum absolute atomic E-state index is 9.70. The van der Waals surface area contributed by atoms with E-state index in [4.69, 9.17) is 0 Å². The fraction of sp³-hybridized carbons (Fsp3) is 0.900. The van der Waals surface area contributed by atoms with E-state index in [1.54, 1.807) is 6.34 Å². The number of hydrogen-bond acceptors (Lipinski definition) is 2. The van der Waals surface area contributed by atoms with Crippen LogP contribution in [0.2, 0.25) is 0 Å². The molecule has 0 aromatic rings. The van der Waals surface area contributed by atoms with Gasteiger partial charge in [-0.3, -0.25) is 0 Å². The molecule has 13 heavy (non-hydrogen) atoms. The number of rotatable bonds is 3. The van der Waals surface area contributed by atoms with Gasteiger partial charge in [0, 0.05) is 20.0 Å². The summed E-state index contributed by atoms with van der Waals surface area (Å²) in [4.78, 5) is 5.96. The minimum absolute atomic E-state index is 0.393. The Kier molecular flexibility index (Phi) is 4.22. The maximum Gasteiger partial charge on any atom is 0.149 e. The van der Waals surface area contributed by atoms with E-state index in [1.165, 1.54) is 19.3 Å². The lowest BCUT2D eigenvalue weighted by Crippen LogP contribution is -2.22. The quantitative estimate of drug-likeness (QED) is 0.532. The normalized spacial score (nSPS) is 22.1. The van der Waals surface area contributed by atoms with Crippen LogP contribution in [0.25, 0.3) is 0 Å². The highest BCUT2D eigenvalue weighted by molar-refractivity contribution is 5.53. The smallest absolute Gasteiger partial charge is 0.149 e. The van der Waals surface area contributed by atoms with Gasteiger partial charge in [-0.2, -0.15) is 0 Å². The van der Waals surface area contributed by atoms with Crippen molar-refractivity contribution < 1.29 is 5.11 Å². The third-order valence-electron chi connectivity index (χ3n) is 2.52. The summed E-state index contributed by atoms with van der Waals surface area (Å²) in [6.07, 6.45) is 7.29. The molecule has 0 aromatic heterocycles. The van der Waals surface area contributed by atoms with E-state index >= 15 is 0 Å². The van der Waals surface area contributed by atoms with Gasteiger partial charge in [0.05, 0.1) is 6.34 Å². The molecule has 0 heterocycles. The predicted molar refractivity (Wildman–Crippen MR) is 54.8 cm³/mol. The number of nitrogens with zero attached hydrogens (tertiary/aromatic N) is 2. The van der Waals surface area contributed by atoms with Crippen molar-refractivity contribution in [3.05, 3.63) is 0 Å². The molecule has 1 saturated carbocycles. The van der Waals surface area contributed by atoms with Crippen molar-refractivity contribution in [3.8, 4) is 0 Å². The SMILES string of the molecule is CN(C)C=NC(O)C1CCCCC1. The molecule has 0 spiro atoms. The summed E-state index contributed by atoms with van der Waals surface area (Å²) in [5.74, 6) is 0.393. The van der Waals surface area contributed by atoms with Crippen LogP contribution in [0, 0.1) is 5.92 Å². The summed E-state index contributed by atoms with van der Waals surface area (Å²) in [5.41, 5.74) is 0. The molecule has 1 N–H and O–H groups in total. The molecule has 1 unspecified atom stereocenters. The van der Waals surface area contributed by atoms with Crippen LogP contribution >= 0.6 is 0 Å². The molecule has 0 bridgehead atoms. The first-order valence-electron chi connectivity index (χ1n) is 5.08. The summed E-state index contributed by atoms with van der Waals surface area (Å²) >= 11 is 0. The Balaban J connectivity index is 2.32. The first-order valence-corrected chi connectivity index (χ1v) is 5.08. The molecule has 1 aliphatic rings. The van der Waals surface area contributed by atoms with Crippen molar-refractivity contribution in [3.63, 3.8) is 0 Å². The molecule has 76 valence electrons. The Hall–Kier alpha value is -0.570. The van der Waals surface area contributed by atoms with Crippen LogP contribution in [-0.4, -0.2) is 36.7 Å². The number of hydrogen-bond donors (Lipinski definition) is 1. The molecular formula is C10H20N2O. The Morgan fingerprint density at radius 3 is 2.46 bits per heavy atom. The van der Waals surface area contributed by atoms with E-state index in [-0.39, 0.29) is 0 Å². The number of aliphatic hydroxyl groups excluding tert-OH is 1. The third kappa shape index (κ3) is 3.77. The third-order valence-corrected chi connectivity index (χ3v) is 2.52. The second kappa shape index (κ2) is 5.22. The van der Waals surface area contributed by atoms with Gasteiger partial charge in [-0.1, -0.05) is 19.3 Å². The highest BCUT2D eigenvalue weighted by Gasteiger charge is 2.20. The summed E-state index contributed by atoms with van der Waals surface area (Å²) < 4.78 is 0. The molecule has 1 atom stereocenters. The average Bonchev–Trinajstić information content (AvgIpc) is 2.15. The van der Waals surface area contributed by atoms with Gasteiger partial charge in [-0.15, -0.1) is 0 Å². The van der Waals surface area contributed by atoms with Gasteiger partial charge in [0.25, 0.3) is 0 Å². The van der Waals surface area contributed by atoms with Gasteiger partial charge in [-0.25, -0.2) is 4.99 Å². The van der Waals surface area contributed by atoms with Gasteiger partial charge in [0.2, 0.25) is 0 Å². The minimum atomic E-state index is -0.484. The summed E-state index contributed by atoms with van der Waals surface area (Å²) in [5, 5.41) is 9.70. The highest BCUT2D eigenvalue weighted by Crippen LogP contribution is 2.26. The lowest BCUT2D eigenvalue weighted by molar-refractivity contribution is 0.0924. The molecule has 3 nitrogen and oxygen atoms in total. The Labute approximate surface area is 80.5 Å². The molecule has 0 radical (unpaired) electrons. The molecule has 1 rings (SSSR count). The second-order valence-electron chi connectivity index (χ2n) is 4.04. The number of aliphatic hydroxyl groups is 1. The van der Waals surface area contributed by atoms with E-state index < -0.39 is 6.23 Å². The van der Waals surface area contributed by atoms with E-state index in [1.807, 2.05) is 19.0 Å². The van der Waals surface area contributed by atoms with E-state index in [2.05, 4.69) is 4.99 Å². The lowest BCUT2D eigenvalue weighted by atomic mass is 9.88. The molecular weight excluding hydrogens is 164 g/mol. The van der Waals surface area contributed by atoms with Gasteiger partial charge < -0.3 is 10.0 Å². The van der Waals surface area contributed by atoms with Crippen LogP contribution in [0.3, 0.4) is 0 Å². The first kappa shape index (κ1) is 10.5. The van der Waals surface area contributed by atoms with Crippen LogP contribution in [0.5, 0.6) is 0 Å². The van der Waals surface area contributed by atoms with Crippen molar-refractivity contribution >= 4 is 6.34 Å².